The lowest BCUT2D eigenvalue weighted by Gasteiger charge is -2.30. The molecule has 0 aliphatic carbocycles. The van der Waals surface area contributed by atoms with Gasteiger partial charge in [0.1, 0.15) is 10.0 Å². The summed E-state index contributed by atoms with van der Waals surface area (Å²) in [5.74, 6) is 0.716. The highest BCUT2D eigenvalue weighted by Gasteiger charge is 2.31. The molecule has 104 valence electrons. The van der Waals surface area contributed by atoms with Crippen LogP contribution in [0, 0.1) is 0 Å². The van der Waals surface area contributed by atoms with Gasteiger partial charge in [-0.2, -0.15) is 0 Å². The zero-order valence-electron chi connectivity index (χ0n) is 10.4. The van der Waals surface area contributed by atoms with Crippen LogP contribution < -0.4 is 4.31 Å². The number of nitrogens with zero attached hydrogens (tertiary/aromatic N) is 2. The summed E-state index contributed by atoms with van der Waals surface area (Å²) in [6.07, 6.45) is 1.47. The summed E-state index contributed by atoms with van der Waals surface area (Å²) in [5.41, 5.74) is 0.698. The maximum atomic E-state index is 12.8. The van der Waals surface area contributed by atoms with Gasteiger partial charge in [0.05, 0.1) is 5.69 Å². The third-order valence-corrected chi connectivity index (χ3v) is 6.28. The molecule has 1 aliphatic rings. The summed E-state index contributed by atoms with van der Waals surface area (Å²) < 4.78 is 26.9. The van der Waals surface area contributed by atoms with Crippen molar-refractivity contribution in [3.8, 4) is 0 Å². The summed E-state index contributed by atoms with van der Waals surface area (Å²) in [7, 11) is -3.68. The highest BCUT2D eigenvalue weighted by molar-refractivity contribution is 8.00. The number of hydrogen-bond donors (Lipinski definition) is 0. The summed E-state index contributed by atoms with van der Waals surface area (Å²) >= 11 is 7.59. The van der Waals surface area contributed by atoms with Gasteiger partial charge in [0.2, 0.25) is 0 Å². The second-order valence-electron chi connectivity index (χ2n) is 4.19. The van der Waals surface area contributed by atoms with Crippen LogP contribution in [-0.4, -0.2) is 25.7 Å². The second-order valence-corrected chi connectivity index (χ2v) is 7.51. The molecule has 0 bridgehead atoms. The quantitative estimate of drug-likeness (QED) is 0.796. The Balaban J connectivity index is 2.13. The fourth-order valence-corrected chi connectivity index (χ4v) is 5.16. The van der Waals surface area contributed by atoms with Crippen molar-refractivity contribution in [3.05, 3.63) is 47.7 Å². The number of aromatic nitrogens is 1. The first-order chi connectivity index (χ1) is 9.60. The maximum absolute atomic E-state index is 12.8. The van der Waals surface area contributed by atoms with E-state index in [1.807, 2.05) is 24.3 Å². The Morgan fingerprint density at radius 1 is 1.20 bits per heavy atom. The molecule has 3 rings (SSSR count). The molecule has 1 aromatic heterocycles. The van der Waals surface area contributed by atoms with Gasteiger partial charge in [0, 0.05) is 23.4 Å². The number of sulfonamides is 1. The number of thioether (sulfide) groups is 1. The van der Waals surface area contributed by atoms with E-state index in [-0.39, 0.29) is 10.0 Å². The van der Waals surface area contributed by atoms with Crippen molar-refractivity contribution in [1.29, 1.82) is 0 Å². The minimum Gasteiger partial charge on any atom is -0.264 e. The SMILES string of the molecule is O=S(=O)(c1cccnc1Cl)N1CCSc2ccccc21. The summed E-state index contributed by atoms with van der Waals surface area (Å²) in [6, 6.07) is 10.5. The van der Waals surface area contributed by atoms with Crippen LogP contribution >= 0.6 is 23.4 Å². The summed E-state index contributed by atoms with van der Waals surface area (Å²) in [5, 5.41) is 0.00297. The van der Waals surface area contributed by atoms with Crippen LogP contribution in [-0.2, 0) is 10.0 Å². The molecule has 2 heterocycles. The second kappa shape index (κ2) is 5.27. The van der Waals surface area contributed by atoms with Gasteiger partial charge >= 0.3 is 0 Å². The Kier molecular flexibility index (Phi) is 3.62. The first kappa shape index (κ1) is 13.7. The number of hydrogen-bond acceptors (Lipinski definition) is 4. The fourth-order valence-electron chi connectivity index (χ4n) is 2.08. The van der Waals surface area contributed by atoms with Crippen molar-refractivity contribution in [2.45, 2.75) is 9.79 Å². The minimum absolute atomic E-state index is 0.00297. The number of rotatable bonds is 2. The van der Waals surface area contributed by atoms with E-state index in [0.717, 1.165) is 4.90 Å². The largest absolute Gasteiger partial charge is 0.267 e. The van der Waals surface area contributed by atoms with E-state index in [1.54, 1.807) is 17.8 Å². The molecular weight excluding hydrogens is 316 g/mol. The van der Waals surface area contributed by atoms with E-state index in [4.69, 9.17) is 11.6 Å². The van der Waals surface area contributed by atoms with E-state index in [1.165, 1.54) is 16.6 Å². The molecule has 1 aliphatic heterocycles. The molecule has 20 heavy (non-hydrogen) atoms. The van der Waals surface area contributed by atoms with Crippen molar-refractivity contribution in [3.63, 3.8) is 0 Å². The van der Waals surface area contributed by atoms with Gasteiger partial charge in [-0.1, -0.05) is 23.7 Å². The molecule has 0 saturated carbocycles. The molecule has 7 heteroatoms. The molecule has 0 saturated heterocycles. The van der Waals surface area contributed by atoms with Crippen LogP contribution in [0.4, 0.5) is 5.69 Å². The number of benzene rings is 1. The van der Waals surface area contributed by atoms with Crippen LogP contribution in [0.25, 0.3) is 0 Å². The van der Waals surface area contributed by atoms with Crippen molar-refractivity contribution in [2.75, 3.05) is 16.6 Å². The predicted molar refractivity (Wildman–Crippen MR) is 80.9 cm³/mol. The van der Waals surface area contributed by atoms with E-state index >= 15 is 0 Å². The normalized spacial score (nSPS) is 14.9. The van der Waals surface area contributed by atoms with Crippen molar-refractivity contribution < 1.29 is 8.42 Å². The molecule has 1 aromatic carbocycles. The fraction of sp³-hybridized carbons (Fsp3) is 0.154. The van der Waals surface area contributed by atoms with Crippen LogP contribution in [0.15, 0.2) is 52.4 Å². The highest BCUT2D eigenvalue weighted by Crippen LogP contribution is 2.38. The van der Waals surface area contributed by atoms with Crippen LogP contribution in [0.1, 0.15) is 0 Å². The monoisotopic (exact) mass is 326 g/mol. The van der Waals surface area contributed by atoms with Crippen molar-refractivity contribution in [1.82, 2.24) is 4.98 Å². The van der Waals surface area contributed by atoms with Crippen LogP contribution in [0.2, 0.25) is 5.15 Å². The Labute approximate surface area is 126 Å². The number of fused-ring (bicyclic) bond motifs is 1. The molecule has 0 atom stereocenters. The topological polar surface area (TPSA) is 50.3 Å². The molecule has 0 spiro atoms. The number of anilines is 1. The molecule has 0 radical (unpaired) electrons. The van der Waals surface area contributed by atoms with Gasteiger partial charge in [-0.05, 0) is 24.3 Å². The molecule has 0 amide bonds. The van der Waals surface area contributed by atoms with Crippen LogP contribution in [0.5, 0.6) is 0 Å². The number of para-hydroxylation sites is 1. The molecular formula is C13H11ClN2O2S2. The van der Waals surface area contributed by atoms with Gasteiger partial charge in [0.25, 0.3) is 10.0 Å². The third-order valence-electron chi connectivity index (χ3n) is 2.98. The van der Waals surface area contributed by atoms with Crippen molar-refractivity contribution >= 4 is 39.1 Å². The van der Waals surface area contributed by atoms with Gasteiger partial charge in [-0.3, -0.25) is 4.31 Å². The van der Waals surface area contributed by atoms with Crippen molar-refractivity contribution in [2.24, 2.45) is 0 Å². The van der Waals surface area contributed by atoms with E-state index in [9.17, 15) is 8.42 Å². The van der Waals surface area contributed by atoms with Gasteiger partial charge in [-0.25, -0.2) is 13.4 Å². The zero-order valence-corrected chi connectivity index (χ0v) is 12.7. The molecule has 0 fully saturated rings. The minimum atomic E-state index is -3.68. The van der Waals surface area contributed by atoms with E-state index in [2.05, 4.69) is 4.98 Å². The smallest absolute Gasteiger partial charge is 0.264 e. The molecule has 0 unspecified atom stereocenters. The molecule has 2 aromatic rings. The zero-order chi connectivity index (χ0) is 14.2. The highest BCUT2D eigenvalue weighted by atomic mass is 35.5. The summed E-state index contributed by atoms with van der Waals surface area (Å²) in [6.45, 7) is 0.426. The molecule has 0 N–H and O–H groups in total. The van der Waals surface area contributed by atoms with Gasteiger partial charge in [-0.15, -0.1) is 11.8 Å². The average Bonchev–Trinajstić information content (AvgIpc) is 2.47. The average molecular weight is 327 g/mol. The predicted octanol–water partition coefficient (Wildman–Crippen LogP) is 3.04. The first-order valence-electron chi connectivity index (χ1n) is 5.96. The standard InChI is InChI=1S/C13H11ClN2O2S2/c14-13-12(6-3-7-15-13)20(17,18)16-8-9-19-11-5-2-1-4-10(11)16/h1-7H,8-9H2. The van der Waals surface area contributed by atoms with E-state index in [0.29, 0.717) is 18.0 Å². The van der Waals surface area contributed by atoms with Gasteiger partial charge < -0.3 is 0 Å². The van der Waals surface area contributed by atoms with E-state index < -0.39 is 10.0 Å². The third kappa shape index (κ3) is 2.28. The lowest BCUT2D eigenvalue weighted by molar-refractivity contribution is 0.591. The van der Waals surface area contributed by atoms with Crippen LogP contribution in [0.3, 0.4) is 0 Å². The Bertz CT molecular complexity index is 750. The molecule has 4 nitrogen and oxygen atoms in total. The Morgan fingerprint density at radius 3 is 2.80 bits per heavy atom. The summed E-state index contributed by atoms with van der Waals surface area (Å²) in [4.78, 5) is 4.86. The lowest BCUT2D eigenvalue weighted by atomic mass is 10.3. The first-order valence-corrected chi connectivity index (χ1v) is 8.76. The maximum Gasteiger partial charge on any atom is 0.267 e. The lowest BCUT2D eigenvalue weighted by Crippen LogP contribution is -2.35. The van der Waals surface area contributed by atoms with Gasteiger partial charge in [0.15, 0.2) is 0 Å². The number of halogens is 1. The Morgan fingerprint density at radius 2 is 2.00 bits per heavy atom. The number of pyridine rings is 1. The Hall–Kier alpha value is -1.24.